The van der Waals surface area contributed by atoms with Gasteiger partial charge in [0, 0.05) is 38.5 Å². The van der Waals surface area contributed by atoms with Crippen LogP contribution in [-0.4, -0.2) is 67.6 Å². The van der Waals surface area contributed by atoms with Crippen LogP contribution in [0.2, 0.25) is 0 Å². The van der Waals surface area contributed by atoms with Gasteiger partial charge in [0.05, 0.1) is 18.6 Å². The van der Waals surface area contributed by atoms with Gasteiger partial charge in [-0.15, -0.1) is 12.4 Å². The molecule has 0 radical (unpaired) electrons. The molecule has 6 nitrogen and oxygen atoms in total. The molecule has 2 N–H and O–H groups in total. The monoisotopic (exact) mass is 435 g/mol. The summed E-state index contributed by atoms with van der Waals surface area (Å²) in [5, 5.41) is 0. The number of carbonyl (C=O) groups excluding carboxylic acids is 2. The number of ether oxygens (including phenoxy) is 1. The van der Waals surface area contributed by atoms with Crippen LogP contribution in [0.4, 0.5) is 0 Å². The molecule has 3 fully saturated rings. The van der Waals surface area contributed by atoms with Gasteiger partial charge in [-0.25, -0.2) is 0 Å². The summed E-state index contributed by atoms with van der Waals surface area (Å²) in [5.74, 6) is 0.833. The highest BCUT2D eigenvalue weighted by molar-refractivity contribution is 5.89. The third-order valence-corrected chi connectivity index (χ3v) is 7.13. The van der Waals surface area contributed by atoms with E-state index in [0.717, 1.165) is 25.7 Å². The van der Waals surface area contributed by atoms with E-state index in [9.17, 15) is 9.59 Å². The number of morpholine rings is 1. The van der Waals surface area contributed by atoms with Crippen molar-refractivity contribution in [1.82, 2.24) is 9.80 Å². The molecule has 7 heteroatoms. The number of rotatable bonds is 5. The van der Waals surface area contributed by atoms with E-state index in [1.807, 2.05) is 28.0 Å². The van der Waals surface area contributed by atoms with E-state index in [0.29, 0.717) is 52.4 Å². The Bertz CT molecular complexity index is 718. The Morgan fingerprint density at radius 3 is 2.33 bits per heavy atom. The quantitative estimate of drug-likeness (QED) is 0.770. The van der Waals surface area contributed by atoms with Crippen LogP contribution in [0.1, 0.15) is 43.6 Å². The number of hydrogen-bond donors (Lipinski definition) is 1. The molecule has 2 amide bonds. The number of nitrogens with zero attached hydrogens (tertiary/aromatic N) is 2. The fraction of sp³-hybridized carbons (Fsp3) is 0.652. The minimum atomic E-state index is -0.528. The van der Waals surface area contributed by atoms with Crippen molar-refractivity contribution in [3.05, 3.63) is 35.9 Å². The van der Waals surface area contributed by atoms with Gasteiger partial charge in [0.2, 0.25) is 11.8 Å². The molecule has 166 valence electrons. The zero-order valence-corrected chi connectivity index (χ0v) is 18.4. The second kappa shape index (κ2) is 10.1. The number of amides is 2. The van der Waals surface area contributed by atoms with Gasteiger partial charge in [0.15, 0.2) is 0 Å². The van der Waals surface area contributed by atoms with Gasteiger partial charge in [-0.3, -0.25) is 9.59 Å². The number of hydrogen-bond acceptors (Lipinski definition) is 4. The predicted octanol–water partition coefficient (Wildman–Crippen LogP) is 2.42. The van der Waals surface area contributed by atoms with E-state index in [1.165, 1.54) is 5.56 Å². The lowest BCUT2D eigenvalue weighted by atomic mass is 9.80. The van der Waals surface area contributed by atoms with Crippen molar-refractivity contribution in [1.29, 1.82) is 0 Å². The summed E-state index contributed by atoms with van der Waals surface area (Å²) in [4.78, 5) is 30.6. The third kappa shape index (κ3) is 4.66. The normalized spacial score (nSPS) is 25.8. The van der Waals surface area contributed by atoms with Crippen LogP contribution in [0.5, 0.6) is 0 Å². The van der Waals surface area contributed by atoms with E-state index in [-0.39, 0.29) is 36.1 Å². The largest absolute Gasteiger partial charge is 0.378 e. The van der Waals surface area contributed by atoms with Crippen molar-refractivity contribution >= 4 is 24.2 Å². The maximum atomic E-state index is 13.7. The van der Waals surface area contributed by atoms with Gasteiger partial charge in [-0.05, 0) is 30.9 Å². The van der Waals surface area contributed by atoms with E-state index in [2.05, 4.69) is 12.1 Å². The Morgan fingerprint density at radius 2 is 1.70 bits per heavy atom. The van der Waals surface area contributed by atoms with Crippen LogP contribution >= 0.6 is 12.4 Å². The van der Waals surface area contributed by atoms with Crippen molar-refractivity contribution in [2.45, 2.75) is 38.0 Å². The van der Waals surface area contributed by atoms with Crippen molar-refractivity contribution in [3.63, 3.8) is 0 Å². The van der Waals surface area contributed by atoms with Gasteiger partial charge in [-0.1, -0.05) is 43.2 Å². The summed E-state index contributed by atoms with van der Waals surface area (Å²) in [6.45, 7) is 4.44. The third-order valence-electron chi connectivity index (χ3n) is 7.13. The summed E-state index contributed by atoms with van der Waals surface area (Å²) < 4.78 is 5.37. The molecule has 2 heterocycles. The van der Waals surface area contributed by atoms with Crippen molar-refractivity contribution < 1.29 is 14.3 Å². The molecule has 0 spiro atoms. The summed E-state index contributed by atoms with van der Waals surface area (Å²) in [7, 11) is 0. The first-order valence-corrected chi connectivity index (χ1v) is 11.0. The molecular weight excluding hydrogens is 402 g/mol. The molecule has 0 unspecified atom stereocenters. The minimum Gasteiger partial charge on any atom is -0.378 e. The average Bonchev–Trinajstić information content (AvgIpc) is 3.42. The van der Waals surface area contributed by atoms with Crippen LogP contribution in [-0.2, 0) is 14.3 Å². The summed E-state index contributed by atoms with van der Waals surface area (Å²) in [5.41, 5.74) is 6.80. The fourth-order valence-electron chi connectivity index (χ4n) is 5.42. The van der Waals surface area contributed by atoms with Crippen LogP contribution in [0.3, 0.4) is 0 Å². The Hall–Kier alpha value is -1.63. The topological polar surface area (TPSA) is 75.9 Å². The van der Waals surface area contributed by atoms with E-state index in [4.69, 9.17) is 10.5 Å². The molecule has 30 heavy (non-hydrogen) atoms. The smallest absolute Gasteiger partial charge is 0.229 e. The lowest BCUT2D eigenvalue weighted by molar-refractivity contribution is -0.149. The lowest BCUT2D eigenvalue weighted by Gasteiger charge is -2.35. The molecule has 1 aromatic rings. The van der Waals surface area contributed by atoms with Crippen molar-refractivity contribution in [2.24, 2.45) is 17.1 Å². The molecule has 0 aromatic heterocycles. The highest BCUT2D eigenvalue weighted by Gasteiger charge is 2.48. The van der Waals surface area contributed by atoms with E-state index in [1.54, 1.807) is 0 Å². The van der Waals surface area contributed by atoms with Crippen molar-refractivity contribution in [3.8, 4) is 0 Å². The number of halogens is 1. The van der Waals surface area contributed by atoms with Crippen LogP contribution in [0.15, 0.2) is 30.3 Å². The zero-order valence-electron chi connectivity index (χ0n) is 17.6. The number of benzene rings is 1. The fourth-order valence-corrected chi connectivity index (χ4v) is 5.42. The first kappa shape index (κ1) is 23.0. The number of nitrogens with two attached hydrogens (primary N) is 1. The molecule has 2 atom stereocenters. The number of carbonyl (C=O) groups is 2. The van der Waals surface area contributed by atoms with Crippen LogP contribution < -0.4 is 5.73 Å². The predicted molar refractivity (Wildman–Crippen MR) is 118 cm³/mol. The van der Waals surface area contributed by atoms with Gasteiger partial charge in [0.25, 0.3) is 0 Å². The molecule has 1 aliphatic carbocycles. The van der Waals surface area contributed by atoms with Crippen molar-refractivity contribution in [2.75, 3.05) is 45.9 Å². The highest BCUT2D eigenvalue weighted by atomic mass is 35.5. The van der Waals surface area contributed by atoms with E-state index >= 15 is 0 Å². The summed E-state index contributed by atoms with van der Waals surface area (Å²) in [6, 6.07) is 10.4. The maximum absolute atomic E-state index is 13.7. The summed E-state index contributed by atoms with van der Waals surface area (Å²) in [6.07, 6.45) is 4.03. The molecule has 0 bridgehead atoms. The molecule has 2 aliphatic heterocycles. The SMILES string of the molecule is Cl.NC[C@@H]1CN(C(=O)C2(CC(=O)N3CCOCC3)CCCC2)C[C@H]1c1ccccc1. The molecule has 3 aliphatic rings. The standard InChI is InChI=1S/C23H33N3O3.ClH/c24-15-19-16-26(17-20(19)18-6-2-1-3-7-18)22(28)23(8-4-5-9-23)14-21(27)25-10-12-29-13-11-25;/h1-3,6-7,19-20H,4-5,8-17,24H2;1H/t19-,20+;/m1./s1. The molecule has 1 aromatic carbocycles. The lowest BCUT2D eigenvalue weighted by Crippen LogP contribution is -2.47. The molecule has 2 saturated heterocycles. The van der Waals surface area contributed by atoms with Gasteiger partial charge in [0.1, 0.15) is 0 Å². The van der Waals surface area contributed by atoms with E-state index < -0.39 is 5.41 Å². The van der Waals surface area contributed by atoms with Gasteiger partial charge < -0.3 is 20.3 Å². The second-order valence-electron chi connectivity index (χ2n) is 8.88. The minimum absolute atomic E-state index is 0. The Morgan fingerprint density at radius 1 is 1.03 bits per heavy atom. The van der Waals surface area contributed by atoms with Crippen LogP contribution in [0, 0.1) is 11.3 Å². The Labute approximate surface area is 185 Å². The molecular formula is C23H34ClN3O3. The Kier molecular flexibility index (Phi) is 7.77. The van der Waals surface area contributed by atoms with Crippen LogP contribution in [0.25, 0.3) is 0 Å². The number of likely N-dealkylation sites (tertiary alicyclic amines) is 1. The molecule has 4 rings (SSSR count). The second-order valence-corrected chi connectivity index (χ2v) is 8.88. The first-order chi connectivity index (χ1) is 14.1. The maximum Gasteiger partial charge on any atom is 0.229 e. The average molecular weight is 436 g/mol. The van der Waals surface area contributed by atoms with Gasteiger partial charge >= 0.3 is 0 Å². The summed E-state index contributed by atoms with van der Waals surface area (Å²) >= 11 is 0. The zero-order chi connectivity index (χ0) is 20.3. The molecule has 1 saturated carbocycles. The first-order valence-electron chi connectivity index (χ1n) is 11.0. The Balaban J connectivity index is 0.00000256. The highest BCUT2D eigenvalue weighted by Crippen LogP contribution is 2.45. The van der Waals surface area contributed by atoms with Gasteiger partial charge in [-0.2, -0.15) is 0 Å².